The summed E-state index contributed by atoms with van der Waals surface area (Å²) in [5, 5.41) is 21.3. The number of nitrogens with two attached hydrogens (primary N) is 1. The second-order valence-electron chi connectivity index (χ2n) is 2.33. The van der Waals surface area contributed by atoms with Crippen LogP contribution in [0.4, 0.5) is 5.69 Å². The molecule has 1 rings (SSSR count). The standard InChI is InChI=1S/C6H11N3O2/c7-5-1-8-9(2-5)3-6(11)4-10/h1-2,6,10-11H,3-4,7H2/t6-/m0/s1. The molecule has 1 atom stereocenters. The summed E-state index contributed by atoms with van der Waals surface area (Å²) in [6.07, 6.45) is 2.32. The van der Waals surface area contributed by atoms with Gasteiger partial charge < -0.3 is 15.9 Å². The van der Waals surface area contributed by atoms with E-state index >= 15 is 0 Å². The van der Waals surface area contributed by atoms with Crippen LogP contribution in [0, 0.1) is 0 Å². The normalized spacial score (nSPS) is 13.3. The highest BCUT2D eigenvalue weighted by Gasteiger charge is 2.02. The lowest BCUT2D eigenvalue weighted by Gasteiger charge is -2.05. The highest BCUT2D eigenvalue weighted by Crippen LogP contribution is 1.98. The largest absolute Gasteiger partial charge is 0.396 e. The predicted molar refractivity (Wildman–Crippen MR) is 39.7 cm³/mol. The second kappa shape index (κ2) is 3.36. The fourth-order valence-corrected chi connectivity index (χ4v) is 0.753. The second-order valence-corrected chi connectivity index (χ2v) is 2.33. The summed E-state index contributed by atoms with van der Waals surface area (Å²) >= 11 is 0. The highest BCUT2D eigenvalue weighted by molar-refractivity contribution is 5.30. The highest BCUT2D eigenvalue weighted by atomic mass is 16.3. The molecule has 0 bridgehead atoms. The quantitative estimate of drug-likeness (QED) is 0.515. The van der Waals surface area contributed by atoms with Crippen molar-refractivity contribution in [1.82, 2.24) is 9.78 Å². The Morgan fingerprint density at radius 1 is 1.73 bits per heavy atom. The number of hydrogen-bond donors (Lipinski definition) is 3. The van der Waals surface area contributed by atoms with Gasteiger partial charge >= 0.3 is 0 Å². The Morgan fingerprint density at radius 2 is 2.45 bits per heavy atom. The summed E-state index contributed by atoms with van der Waals surface area (Å²) in [6, 6.07) is 0. The van der Waals surface area contributed by atoms with Crippen LogP contribution in [0.1, 0.15) is 0 Å². The lowest BCUT2D eigenvalue weighted by Crippen LogP contribution is -2.19. The minimum absolute atomic E-state index is 0.264. The lowest BCUT2D eigenvalue weighted by molar-refractivity contribution is 0.0783. The first-order valence-corrected chi connectivity index (χ1v) is 3.29. The molecule has 0 radical (unpaired) electrons. The Balaban J connectivity index is 2.50. The molecule has 0 saturated heterocycles. The van der Waals surface area contributed by atoms with Gasteiger partial charge in [-0.2, -0.15) is 5.10 Å². The summed E-state index contributed by atoms with van der Waals surface area (Å²) in [7, 11) is 0. The molecule has 5 nitrogen and oxygen atoms in total. The van der Waals surface area contributed by atoms with Gasteiger partial charge in [0.15, 0.2) is 0 Å². The molecule has 0 aliphatic carbocycles. The molecular weight excluding hydrogens is 146 g/mol. The molecule has 1 heterocycles. The Kier molecular flexibility index (Phi) is 2.45. The summed E-state index contributed by atoms with van der Waals surface area (Å²) in [5.41, 5.74) is 5.92. The van der Waals surface area contributed by atoms with E-state index < -0.39 is 6.10 Å². The third-order valence-electron chi connectivity index (χ3n) is 1.26. The van der Waals surface area contributed by atoms with E-state index in [0.29, 0.717) is 5.69 Å². The number of rotatable bonds is 3. The van der Waals surface area contributed by atoms with Crippen molar-refractivity contribution in [3.05, 3.63) is 12.4 Å². The van der Waals surface area contributed by atoms with Crippen molar-refractivity contribution in [2.75, 3.05) is 12.3 Å². The third kappa shape index (κ3) is 2.21. The summed E-state index contributed by atoms with van der Waals surface area (Å²) < 4.78 is 1.48. The smallest absolute Gasteiger partial charge is 0.0966 e. The van der Waals surface area contributed by atoms with Gasteiger partial charge in [0, 0.05) is 6.20 Å². The maximum absolute atomic E-state index is 8.97. The van der Waals surface area contributed by atoms with Crippen molar-refractivity contribution >= 4 is 5.69 Å². The Hall–Kier alpha value is -1.07. The van der Waals surface area contributed by atoms with Crippen LogP contribution in [0.5, 0.6) is 0 Å². The first-order chi connectivity index (χ1) is 5.22. The van der Waals surface area contributed by atoms with Gasteiger partial charge in [-0.1, -0.05) is 0 Å². The van der Waals surface area contributed by atoms with Crippen LogP contribution in [-0.2, 0) is 6.54 Å². The van der Waals surface area contributed by atoms with E-state index in [0.717, 1.165) is 0 Å². The maximum Gasteiger partial charge on any atom is 0.0966 e. The van der Waals surface area contributed by atoms with Crippen molar-refractivity contribution in [2.24, 2.45) is 0 Å². The first kappa shape index (κ1) is 8.03. The predicted octanol–water partition coefficient (Wildman–Crippen LogP) is -1.18. The molecule has 5 heteroatoms. The van der Waals surface area contributed by atoms with Crippen LogP contribution in [-0.4, -0.2) is 32.7 Å². The monoisotopic (exact) mass is 157 g/mol. The Morgan fingerprint density at radius 3 is 2.91 bits per heavy atom. The zero-order valence-electron chi connectivity index (χ0n) is 6.01. The van der Waals surface area contributed by atoms with E-state index in [9.17, 15) is 0 Å². The van der Waals surface area contributed by atoms with E-state index in [2.05, 4.69) is 5.10 Å². The van der Waals surface area contributed by atoms with Crippen LogP contribution < -0.4 is 5.73 Å². The number of aliphatic hydroxyl groups excluding tert-OH is 2. The molecule has 0 spiro atoms. The number of aromatic nitrogens is 2. The molecule has 0 fully saturated rings. The van der Waals surface area contributed by atoms with Crippen LogP contribution in [0.2, 0.25) is 0 Å². The van der Waals surface area contributed by atoms with Crippen molar-refractivity contribution in [3.8, 4) is 0 Å². The van der Waals surface area contributed by atoms with Crippen LogP contribution in [0.15, 0.2) is 12.4 Å². The number of anilines is 1. The third-order valence-corrected chi connectivity index (χ3v) is 1.26. The Labute approximate surface area is 64.1 Å². The molecule has 11 heavy (non-hydrogen) atoms. The molecular formula is C6H11N3O2. The number of hydrogen-bond acceptors (Lipinski definition) is 4. The molecule has 1 aromatic heterocycles. The molecule has 4 N–H and O–H groups in total. The molecule has 0 unspecified atom stereocenters. The average Bonchev–Trinajstić information content (AvgIpc) is 2.35. The minimum atomic E-state index is -0.769. The molecule has 0 aliphatic rings. The van der Waals surface area contributed by atoms with Crippen LogP contribution in [0.3, 0.4) is 0 Å². The van der Waals surface area contributed by atoms with Gasteiger partial charge in [0.25, 0.3) is 0 Å². The molecule has 62 valence electrons. The number of nitrogen functional groups attached to an aromatic ring is 1. The summed E-state index contributed by atoms with van der Waals surface area (Å²) in [6.45, 7) is 0.00741. The van der Waals surface area contributed by atoms with Gasteiger partial charge in [-0.15, -0.1) is 0 Å². The van der Waals surface area contributed by atoms with Crippen molar-refractivity contribution in [2.45, 2.75) is 12.6 Å². The van der Waals surface area contributed by atoms with Gasteiger partial charge in [0.05, 0.1) is 31.1 Å². The van der Waals surface area contributed by atoms with E-state index in [1.54, 1.807) is 6.20 Å². The molecule has 0 amide bonds. The van der Waals surface area contributed by atoms with Crippen molar-refractivity contribution in [1.29, 1.82) is 0 Å². The van der Waals surface area contributed by atoms with Gasteiger partial charge in [-0.3, -0.25) is 4.68 Å². The summed E-state index contributed by atoms with van der Waals surface area (Å²) in [4.78, 5) is 0. The SMILES string of the molecule is Nc1cnn(C[C@H](O)CO)c1. The maximum atomic E-state index is 8.97. The topological polar surface area (TPSA) is 84.3 Å². The first-order valence-electron chi connectivity index (χ1n) is 3.29. The van der Waals surface area contributed by atoms with E-state index in [1.165, 1.54) is 10.9 Å². The minimum Gasteiger partial charge on any atom is -0.396 e. The number of nitrogens with zero attached hydrogens (tertiary/aromatic N) is 2. The van der Waals surface area contributed by atoms with Gasteiger partial charge in [0.2, 0.25) is 0 Å². The van der Waals surface area contributed by atoms with Gasteiger partial charge in [-0.25, -0.2) is 0 Å². The zero-order chi connectivity index (χ0) is 8.27. The zero-order valence-corrected chi connectivity index (χ0v) is 6.01. The van der Waals surface area contributed by atoms with Gasteiger partial charge in [-0.05, 0) is 0 Å². The van der Waals surface area contributed by atoms with Crippen LogP contribution >= 0.6 is 0 Å². The van der Waals surface area contributed by atoms with Crippen LogP contribution in [0.25, 0.3) is 0 Å². The van der Waals surface area contributed by atoms with Crippen molar-refractivity contribution < 1.29 is 10.2 Å². The average molecular weight is 157 g/mol. The molecule has 0 aromatic carbocycles. The van der Waals surface area contributed by atoms with E-state index in [-0.39, 0.29) is 13.2 Å². The molecule has 0 aliphatic heterocycles. The molecule has 0 saturated carbocycles. The van der Waals surface area contributed by atoms with E-state index in [1.807, 2.05) is 0 Å². The molecule has 1 aromatic rings. The fourth-order valence-electron chi connectivity index (χ4n) is 0.753. The Bertz CT molecular complexity index is 223. The lowest BCUT2D eigenvalue weighted by atomic mass is 10.4. The van der Waals surface area contributed by atoms with Gasteiger partial charge in [0.1, 0.15) is 0 Å². The van der Waals surface area contributed by atoms with E-state index in [4.69, 9.17) is 15.9 Å². The summed E-state index contributed by atoms with van der Waals surface area (Å²) in [5.74, 6) is 0. The number of aliphatic hydroxyl groups is 2. The van der Waals surface area contributed by atoms with Crippen molar-refractivity contribution in [3.63, 3.8) is 0 Å². The fraction of sp³-hybridized carbons (Fsp3) is 0.500.